The summed E-state index contributed by atoms with van der Waals surface area (Å²) in [6.45, 7) is 3.16. The van der Waals surface area contributed by atoms with E-state index in [-0.39, 0.29) is 11.9 Å². The molecule has 0 saturated heterocycles. The molecule has 2 N–H and O–H groups in total. The van der Waals surface area contributed by atoms with Crippen LogP contribution in [-0.4, -0.2) is 25.6 Å². The van der Waals surface area contributed by atoms with Crippen molar-refractivity contribution in [2.45, 2.75) is 19.6 Å². The summed E-state index contributed by atoms with van der Waals surface area (Å²) in [5.74, 6) is 1.58. The summed E-state index contributed by atoms with van der Waals surface area (Å²) >= 11 is 1.50. The number of anilines is 1. The molecule has 26 heavy (non-hydrogen) atoms. The number of carbonyl (C=O) groups is 1. The third-order valence-electron chi connectivity index (χ3n) is 4.37. The van der Waals surface area contributed by atoms with Crippen LogP contribution in [0, 0.1) is 0 Å². The number of ether oxygens (including phenoxy) is 2. The fourth-order valence-corrected chi connectivity index (χ4v) is 4.09. The highest BCUT2D eigenvalue weighted by Crippen LogP contribution is 2.38. The molecule has 0 unspecified atom stereocenters. The molecule has 1 aliphatic rings. The number of carbonyl (C=O) groups excluding carboxylic acids is 1. The van der Waals surface area contributed by atoms with E-state index < -0.39 is 0 Å². The van der Waals surface area contributed by atoms with Crippen molar-refractivity contribution in [3.63, 3.8) is 0 Å². The van der Waals surface area contributed by atoms with E-state index in [4.69, 9.17) is 9.47 Å². The molecule has 0 bridgehead atoms. The largest absolute Gasteiger partial charge is 0.497 e. The number of methoxy groups -OCH3 is 1. The van der Waals surface area contributed by atoms with Crippen LogP contribution in [0.4, 0.5) is 5.69 Å². The van der Waals surface area contributed by atoms with Crippen molar-refractivity contribution < 1.29 is 14.3 Å². The zero-order valence-electron chi connectivity index (χ0n) is 14.7. The number of benzene rings is 2. The molecule has 1 aromatic heterocycles. The molecule has 1 aliphatic heterocycles. The predicted molar refractivity (Wildman–Crippen MR) is 105 cm³/mol. The molecule has 0 aliphatic carbocycles. The molecule has 0 spiro atoms. The Morgan fingerprint density at radius 2 is 2.08 bits per heavy atom. The van der Waals surface area contributed by atoms with Crippen LogP contribution in [0.5, 0.6) is 11.5 Å². The quantitative estimate of drug-likeness (QED) is 0.730. The van der Waals surface area contributed by atoms with Crippen LogP contribution < -0.4 is 20.1 Å². The summed E-state index contributed by atoms with van der Waals surface area (Å²) in [6.07, 6.45) is 0. The maximum Gasteiger partial charge on any atom is 0.263 e. The van der Waals surface area contributed by atoms with Gasteiger partial charge in [-0.05, 0) is 42.8 Å². The van der Waals surface area contributed by atoms with Crippen LogP contribution >= 0.6 is 11.3 Å². The van der Waals surface area contributed by atoms with E-state index in [2.05, 4.69) is 10.6 Å². The Morgan fingerprint density at radius 3 is 2.92 bits per heavy atom. The predicted octanol–water partition coefficient (Wildman–Crippen LogP) is 4.03. The van der Waals surface area contributed by atoms with Gasteiger partial charge < -0.3 is 20.1 Å². The lowest BCUT2D eigenvalue weighted by atomic mass is 10.2. The first-order valence-corrected chi connectivity index (χ1v) is 9.32. The Hall–Kier alpha value is -2.73. The van der Waals surface area contributed by atoms with Crippen LogP contribution in [0.25, 0.3) is 10.1 Å². The molecule has 1 amide bonds. The van der Waals surface area contributed by atoms with Crippen LogP contribution in [0.3, 0.4) is 0 Å². The zero-order chi connectivity index (χ0) is 18.1. The Labute approximate surface area is 155 Å². The minimum absolute atomic E-state index is 0.0162. The molecular weight excluding hydrogens is 348 g/mol. The molecular formula is C20H20N2O3S. The zero-order valence-corrected chi connectivity index (χ0v) is 15.5. The molecule has 1 atom stereocenters. The highest BCUT2D eigenvalue weighted by atomic mass is 32.1. The number of thiophene rings is 1. The monoisotopic (exact) mass is 368 g/mol. The molecule has 0 saturated carbocycles. The molecule has 2 aromatic carbocycles. The average Bonchev–Trinajstić information content (AvgIpc) is 2.96. The second-order valence-corrected chi connectivity index (χ2v) is 7.41. The van der Waals surface area contributed by atoms with Crippen molar-refractivity contribution in [2.24, 2.45) is 0 Å². The average molecular weight is 368 g/mol. The number of fused-ring (bicyclic) bond motifs is 3. The van der Waals surface area contributed by atoms with Gasteiger partial charge in [-0.2, -0.15) is 0 Å². The van der Waals surface area contributed by atoms with Gasteiger partial charge in [0, 0.05) is 22.7 Å². The molecule has 3 aromatic rings. The number of hydrogen-bond donors (Lipinski definition) is 2. The molecule has 134 valence electrons. The molecule has 0 fully saturated rings. The first-order chi connectivity index (χ1) is 12.6. The molecule has 0 radical (unpaired) electrons. The lowest BCUT2D eigenvalue weighted by Gasteiger charge is -2.10. The summed E-state index contributed by atoms with van der Waals surface area (Å²) < 4.78 is 12.3. The lowest BCUT2D eigenvalue weighted by Crippen LogP contribution is -2.34. The Kier molecular flexibility index (Phi) is 4.42. The van der Waals surface area contributed by atoms with E-state index in [1.54, 1.807) is 7.11 Å². The maximum absolute atomic E-state index is 12.4. The van der Waals surface area contributed by atoms with Gasteiger partial charge in [-0.25, -0.2) is 0 Å². The normalized spacial score (nSPS) is 16.4. The Balaban J connectivity index is 1.60. The van der Waals surface area contributed by atoms with E-state index in [9.17, 15) is 4.79 Å². The topological polar surface area (TPSA) is 59.6 Å². The van der Waals surface area contributed by atoms with Crippen molar-refractivity contribution >= 4 is 33.0 Å². The van der Waals surface area contributed by atoms with Crippen molar-refractivity contribution in [3.05, 3.63) is 52.9 Å². The van der Waals surface area contributed by atoms with Gasteiger partial charge in [0.1, 0.15) is 23.0 Å². The van der Waals surface area contributed by atoms with E-state index in [1.165, 1.54) is 11.3 Å². The van der Waals surface area contributed by atoms with Gasteiger partial charge in [0.25, 0.3) is 5.91 Å². The highest BCUT2D eigenvalue weighted by Gasteiger charge is 2.23. The van der Waals surface area contributed by atoms with Crippen molar-refractivity contribution in [1.82, 2.24) is 5.32 Å². The number of amides is 1. The first kappa shape index (κ1) is 16.7. The van der Waals surface area contributed by atoms with Crippen LogP contribution in [-0.2, 0) is 6.61 Å². The van der Waals surface area contributed by atoms with Crippen LogP contribution in [0.1, 0.15) is 22.2 Å². The minimum Gasteiger partial charge on any atom is -0.497 e. The van der Waals surface area contributed by atoms with Gasteiger partial charge in [-0.15, -0.1) is 11.3 Å². The summed E-state index contributed by atoms with van der Waals surface area (Å²) in [6, 6.07) is 13.9. The van der Waals surface area contributed by atoms with Gasteiger partial charge in [0.15, 0.2) is 0 Å². The van der Waals surface area contributed by atoms with E-state index in [0.29, 0.717) is 13.2 Å². The number of nitrogens with one attached hydrogen (secondary N) is 2. The third-order valence-corrected chi connectivity index (χ3v) is 5.54. The summed E-state index contributed by atoms with van der Waals surface area (Å²) in [5, 5.41) is 7.42. The van der Waals surface area contributed by atoms with Gasteiger partial charge in [0.2, 0.25) is 0 Å². The van der Waals surface area contributed by atoms with E-state index >= 15 is 0 Å². The fourth-order valence-electron chi connectivity index (χ4n) is 3.03. The summed E-state index contributed by atoms with van der Waals surface area (Å²) in [7, 11) is 1.65. The van der Waals surface area contributed by atoms with Gasteiger partial charge in [-0.1, -0.05) is 12.1 Å². The van der Waals surface area contributed by atoms with Gasteiger partial charge in [-0.3, -0.25) is 4.79 Å². The highest BCUT2D eigenvalue weighted by molar-refractivity contribution is 7.21. The Morgan fingerprint density at radius 1 is 1.19 bits per heavy atom. The van der Waals surface area contributed by atoms with Gasteiger partial charge >= 0.3 is 0 Å². The van der Waals surface area contributed by atoms with Crippen LogP contribution in [0.2, 0.25) is 0 Å². The molecule has 2 heterocycles. The lowest BCUT2D eigenvalue weighted by molar-refractivity contribution is 0.0949. The molecule has 5 nitrogen and oxygen atoms in total. The second-order valence-electron chi connectivity index (χ2n) is 6.36. The van der Waals surface area contributed by atoms with E-state index in [1.807, 2.05) is 49.4 Å². The van der Waals surface area contributed by atoms with Crippen molar-refractivity contribution in [2.75, 3.05) is 19.0 Å². The summed E-state index contributed by atoms with van der Waals surface area (Å²) in [4.78, 5) is 13.1. The first-order valence-electron chi connectivity index (χ1n) is 8.51. The van der Waals surface area contributed by atoms with Crippen LogP contribution in [0.15, 0.2) is 42.5 Å². The van der Waals surface area contributed by atoms with E-state index in [0.717, 1.165) is 37.7 Å². The molecule has 4 rings (SSSR count). The maximum atomic E-state index is 12.4. The molecule has 6 heteroatoms. The standard InChI is InChI=1S/C20H20N2O3S/c1-12-10-21-18-16-9-15(6-7-17(16)26-19(18)20(23)22-12)25-11-13-4-3-5-14(8-13)24-2/h3-9,12,21H,10-11H2,1-2H3,(H,22,23)/t12-/m1/s1. The summed E-state index contributed by atoms with van der Waals surface area (Å²) in [5.41, 5.74) is 1.94. The van der Waals surface area contributed by atoms with Gasteiger partial charge in [0.05, 0.1) is 12.8 Å². The number of hydrogen-bond acceptors (Lipinski definition) is 5. The van der Waals surface area contributed by atoms with Crippen molar-refractivity contribution in [3.8, 4) is 11.5 Å². The SMILES string of the molecule is COc1cccc(COc2ccc3sc4c(c3c2)NC[C@@H](C)NC4=O)c1. The fraction of sp³-hybridized carbons (Fsp3) is 0.250. The third kappa shape index (κ3) is 3.20. The number of rotatable bonds is 4. The second kappa shape index (κ2) is 6.88. The smallest absolute Gasteiger partial charge is 0.263 e. The Bertz CT molecular complexity index is 967. The van der Waals surface area contributed by atoms with Crippen molar-refractivity contribution in [1.29, 1.82) is 0 Å². The minimum atomic E-state index is -0.0162.